The molecule has 2 aromatic heterocycles. The standard InChI is InChI=1S/C21H22N6OS/c28-20(26-14-12-25(13-15-26)16-6-2-1-3-7-16)19-24-18-17(29-19)8-4-11-27(18)21-22-9-5-10-23-21/h1-3,5-7,9-10H,4,8,11-15H2. The maximum absolute atomic E-state index is 13.1. The van der Waals surface area contributed by atoms with Crippen molar-refractivity contribution in [2.45, 2.75) is 12.8 Å². The zero-order valence-corrected chi connectivity index (χ0v) is 16.9. The molecule has 0 atom stereocenters. The number of aryl methyl sites for hydroxylation is 1. The van der Waals surface area contributed by atoms with Gasteiger partial charge in [-0.1, -0.05) is 18.2 Å². The maximum Gasteiger partial charge on any atom is 0.283 e. The fourth-order valence-corrected chi connectivity index (χ4v) is 4.96. The number of amides is 1. The van der Waals surface area contributed by atoms with E-state index >= 15 is 0 Å². The Bertz CT molecular complexity index is 985. The molecule has 0 saturated carbocycles. The first-order valence-corrected chi connectivity index (χ1v) is 10.7. The van der Waals surface area contributed by atoms with Gasteiger partial charge in [-0.15, -0.1) is 11.3 Å². The monoisotopic (exact) mass is 406 g/mol. The van der Waals surface area contributed by atoms with Gasteiger partial charge in [-0.3, -0.25) is 9.69 Å². The molecule has 0 unspecified atom stereocenters. The molecule has 3 aromatic rings. The lowest BCUT2D eigenvalue weighted by molar-refractivity contribution is 0.0746. The number of rotatable bonds is 3. The lowest BCUT2D eigenvalue weighted by Crippen LogP contribution is -2.48. The van der Waals surface area contributed by atoms with E-state index in [4.69, 9.17) is 4.98 Å². The summed E-state index contributed by atoms with van der Waals surface area (Å²) in [7, 11) is 0. The molecule has 2 aliphatic heterocycles. The van der Waals surface area contributed by atoms with E-state index in [1.165, 1.54) is 17.0 Å². The van der Waals surface area contributed by atoms with Crippen LogP contribution in [0.1, 0.15) is 21.1 Å². The molecule has 148 valence electrons. The average molecular weight is 407 g/mol. The van der Waals surface area contributed by atoms with Crippen LogP contribution in [0.5, 0.6) is 0 Å². The molecule has 0 radical (unpaired) electrons. The van der Waals surface area contributed by atoms with Crippen LogP contribution < -0.4 is 9.80 Å². The summed E-state index contributed by atoms with van der Waals surface area (Å²) in [5, 5.41) is 0.575. The molecule has 0 N–H and O–H groups in total. The Morgan fingerprint density at radius 1 is 0.931 bits per heavy atom. The second-order valence-electron chi connectivity index (χ2n) is 7.18. The fraction of sp³-hybridized carbons (Fsp3) is 0.333. The van der Waals surface area contributed by atoms with E-state index in [1.807, 2.05) is 15.9 Å². The van der Waals surface area contributed by atoms with Crippen molar-refractivity contribution in [3.8, 4) is 0 Å². The van der Waals surface area contributed by atoms with Crippen molar-refractivity contribution in [1.29, 1.82) is 0 Å². The molecular formula is C21H22N6OS. The first-order valence-electron chi connectivity index (χ1n) is 9.93. The molecule has 1 amide bonds. The molecular weight excluding hydrogens is 384 g/mol. The van der Waals surface area contributed by atoms with E-state index in [0.29, 0.717) is 24.0 Å². The molecule has 2 aliphatic rings. The summed E-state index contributed by atoms with van der Waals surface area (Å²) >= 11 is 1.52. The van der Waals surface area contributed by atoms with Crippen LogP contribution in [0, 0.1) is 0 Å². The number of para-hydroxylation sites is 1. The quantitative estimate of drug-likeness (QED) is 0.666. The van der Waals surface area contributed by atoms with Crippen molar-refractivity contribution in [1.82, 2.24) is 19.9 Å². The predicted octanol–water partition coefficient (Wildman–Crippen LogP) is 2.98. The van der Waals surface area contributed by atoms with Crippen molar-refractivity contribution < 1.29 is 4.79 Å². The van der Waals surface area contributed by atoms with E-state index < -0.39 is 0 Å². The van der Waals surface area contributed by atoms with E-state index in [1.54, 1.807) is 18.5 Å². The lowest BCUT2D eigenvalue weighted by atomic mass is 10.2. The first kappa shape index (κ1) is 18.1. The predicted molar refractivity (Wildman–Crippen MR) is 114 cm³/mol. The van der Waals surface area contributed by atoms with Gasteiger partial charge in [0.25, 0.3) is 5.91 Å². The van der Waals surface area contributed by atoms with E-state index in [-0.39, 0.29) is 5.91 Å². The third-order valence-electron chi connectivity index (χ3n) is 5.38. The highest BCUT2D eigenvalue weighted by molar-refractivity contribution is 7.14. The van der Waals surface area contributed by atoms with E-state index in [0.717, 1.165) is 43.2 Å². The summed E-state index contributed by atoms with van der Waals surface area (Å²) in [6.07, 6.45) is 5.44. The minimum atomic E-state index is 0.0334. The summed E-state index contributed by atoms with van der Waals surface area (Å²) in [5.74, 6) is 1.53. The van der Waals surface area contributed by atoms with Gasteiger partial charge in [0.2, 0.25) is 5.95 Å². The Hall–Kier alpha value is -3.00. The van der Waals surface area contributed by atoms with Gasteiger partial charge in [-0.05, 0) is 31.0 Å². The van der Waals surface area contributed by atoms with Crippen LogP contribution in [-0.4, -0.2) is 58.5 Å². The molecule has 29 heavy (non-hydrogen) atoms. The number of thiazole rings is 1. The van der Waals surface area contributed by atoms with Crippen LogP contribution >= 0.6 is 11.3 Å². The van der Waals surface area contributed by atoms with Crippen molar-refractivity contribution >= 4 is 34.7 Å². The number of carbonyl (C=O) groups is 1. The van der Waals surface area contributed by atoms with E-state index in [9.17, 15) is 4.79 Å². The van der Waals surface area contributed by atoms with Gasteiger partial charge >= 0.3 is 0 Å². The average Bonchev–Trinajstić information content (AvgIpc) is 3.24. The van der Waals surface area contributed by atoms with Crippen LogP contribution in [0.15, 0.2) is 48.8 Å². The fourth-order valence-electron chi connectivity index (χ4n) is 3.88. The maximum atomic E-state index is 13.1. The lowest BCUT2D eigenvalue weighted by Gasteiger charge is -2.35. The minimum Gasteiger partial charge on any atom is -0.368 e. The zero-order valence-electron chi connectivity index (χ0n) is 16.1. The number of hydrogen-bond acceptors (Lipinski definition) is 7. The number of aromatic nitrogens is 3. The molecule has 0 aliphatic carbocycles. The molecule has 8 heteroatoms. The molecule has 5 rings (SSSR count). The Kier molecular flexibility index (Phi) is 4.85. The van der Waals surface area contributed by atoms with Crippen molar-refractivity contribution in [2.75, 3.05) is 42.5 Å². The summed E-state index contributed by atoms with van der Waals surface area (Å²) < 4.78 is 0. The Morgan fingerprint density at radius 2 is 1.69 bits per heavy atom. The molecule has 7 nitrogen and oxygen atoms in total. The SMILES string of the molecule is O=C(c1nc2c(s1)CCCN2c1ncccn1)N1CCN(c2ccccc2)CC1. The summed E-state index contributed by atoms with van der Waals surface area (Å²) in [4.78, 5) is 34.0. The van der Waals surface area contributed by atoms with E-state index in [2.05, 4.69) is 39.1 Å². The van der Waals surface area contributed by atoms with Crippen LogP contribution in [0.4, 0.5) is 17.5 Å². The molecule has 1 saturated heterocycles. The van der Waals surface area contributed by atoms with Gasteiger partial charge < -0.3 is 9.80 Å². The summed E-state index contributed by atoms with van der Waals surface area (Å²) in [6, 6.07) is 12.2. The molecule has 1 aromatic carbocycles. The Morgan fingerprint density at radius 3 is 2.45 bits per heavy atom. The van der Waals surface area contributed by atoms with Crippen molar-refractivity contribution in [3.63, 3.8) is 0 Å². The van der Waals surface area contributed by atoms with Gasteiger partial charge in [0, 0.05) is 55.7 Å². The minimum absolute atomic E-state index is 0.0334. The first-order chi connectivity index (χ1) is 14.3. The van der Waals surface area contributed by atoms with Gasteiger partial charge in [-0.25, -0.2) is 15.0 Å². The van der Waals surface area contributed by atoms with Gasteiger partial charge in [-0.2, -0.15) is 0 Å². The largest absolute Gasteiger partial charge is 0.368 e. The number of fused-ring (bicyclic) bond motifs is 1. The summed E-state index contributed by atoms with van der Waals surface area (Å²) in [5.41, 5.74) is 1.21. The number of piperazine rings is 1. The smallest absolute Gasteiger partial charge is 0.283 e. The van der Waals surface area contributed by atoms with Crippen LogP contribution in [0.3, 0.4) is 0 Å². The molecule has 0 spiro atoms. The molecule has 4 heterocycles. The van der Waals surface area contributed by atoms with Crippen molar-refractivity contribution in [2.24, 2.45) is 0 Å². The second-order valence-corrected chi connectivity index (χ2v) is 8.27. The number of anilines is 3. The highest BCUT2D eigenvalue weighted by Gasteiger charge is 2.29. The third kappa shape index (κ3) is 3.55. The normalized spacial score (nSPS) is 16.6. The highest BCUT2D eigenvalue weighted by atomic mass is 32.1. The third-order valence-corrected chi connectivity index (χ3v) is 6.48. The van der Waals surface area contributed by atoms with Gasteiger partial charge in [0.05, 0.1) is 0 Å². The number of benzene rings is 1. The van der Waals surface area contributed by atoms with Crippen LogP contribution in [-0.2, 0) is 6.42 Å². The number of nitrogens with zero attached hydrogens (tertiary/aromatic N) is 6. The highest BCUT2D eigenvalue weighted by Crippen LogP contribution is 2.35. The van der Waals surface area contributed by atoms with Crippen molar-refractivity contribution in [3.05, 3.63) is 58.7 Å². The van der Waals surface area contributed by atoms with Gasteiger partial charge in [0.1, 0.15) is 0 Å². The van der Waals surface area contributed by atoms with Crippen LogP contribution in [0.25, 0.3) is 0 Å². The zero-order chi connectivity index (χ0) is 19.6. The molecule has 0 bridgehead atoms. The topological polar surface area (TPSA) is 65.5 Å². The summed E-state index contributed by atoms with van der Waals surface area (Å²) in [6.45, 7) is 3.92. The van der Waals surface area contributed by atoms with Crippen LogP contribution in [0.2, 0.25) is 0 Å². The molecule has 1 fully saturated rings. The number of carbonyl (C=O) groups excluding carboxylic acids is 1. The Balaban J connectivity index is 1.31. The number of hydrogen-bond donors (Lipinski definition) is 0. The van der Waals surface area contributed by atoms with Gasteiger partial charge in [0.15, 0.2) is 10.8 Å². The Labute approximate surface area is 173 Å². The second kappa shape index (κ2) is 7.79.